The third kappa shape index (κ3) is 6.44. The second-order valence-electron chi connectivity index (χ2n) is 6.12. The minimum absolute atomic E-state index is 0.0547. The van der Waals surface area contributed by atoms with Gasteiger partial charge in [-0.15, -0.1) is 0 Å². The summed E-state index contributed by atoms with van der Waals surface area (Å²) in [4.78, 5) is 11.7. The topological polar surface area (TPSA) is 68.8 Å². The van der Waals surface area contributed by atoms with Gasteiger partial charge in [0.2, 0.25) is 0 Å². The summed E-state index contributed by atoms with van der Waals surface area (Å²) in [5, 5.41) is 6.42. The molecule has 0 saturated heterocycles. The first-order valence-corrected chi connectivity index (χ1v) is 7.69. The highest BCUT2D eigenvalue weighted by Crippen LogP contribution is 2.36. The number of ether oxygens (including phenoxy) is 3. The lowest BCUT2D eigenvalue weighted by molar-refractivity contribution is 0.0526. The normalized spacial score (nSPS) is 12.3. The molecule has 0 aliphatic carbocycles. The molecule has 23 heavy (non-hydrogen) atoms. The van der Waals surface area contributed by atoms with Crippen molar-refractivity contribution >= 4 is 23.4 Å². The Balaban J connectivity index is 2.65. The van der Waals surface area contributed by atoms with Crippen LogP contribution in [0.15, 0.2) is 12.1 Å². The standard InChI is InChI=1S/C16H25ClN2O4/c1-10(9-18-15(20)23-16(2,3)4)19-12-7-11(17)13(21-5)8-14(12)22-6/h7-8,10,19H,9H2,1-6H3,(H,18,20). The predicted octanol–water partition coefficient (Wildman–Crippen LogP) is 3.68. The Morgan fingerprint density at radius 2 is 1.83 bits per heavy atom. The van der Waals surface area contributed by atoms with Crippen molar-refractivity contribution < 1.29 is 19.0 Å². The largest absolute Gasteiger partial charge is 0.495 e. The number of hydrogen-bond donors (Lipinski definition) is 2. The Hall–Kier alpha value is -1.82. The van der Waals surface area contributed by atoms with E-state index in [1.54, 1.807) is 26.4 Å². The molecule has 7 heteroatoms. The zero-order valence-electron chi connectivity index (χ0n) is 14.5. The minimum Gasteiger partial charge on any atom is -0.495 e. The van der Waals surface area contributed by atoms with Crippen LogP contribution in [0.5, 0.6) is 11.5 Å². The monoisotopic (exact) mass is 344 g/mol. The van der Waals surface area contributed by atoms with Crippen LogP contribution in [0.1, 0.15) is 27.7 Å². The minimum atomic E-state index is -0.520. The lowest BCUT2D eigenvalue weighted by atomic mass is 10.2. The van der Waals surface area contributed by atoms with Crippen LogP contribution in [0.2, 0.25) is 5.02 Å². The highest BCUT2D eigenvalue weighted by molar-refractivity contribution is 6.32. The zero-order chi connectivity index (χ0) is 17.6. The number of anilines is 1. The molecule has 6 nitrogen and oxygen atoms in total. The summed E-state index contributed by atoms with van der Waals surface area (Å²) in [6.45, 7) is 7.77. The highest BCUT2D eigenvalue weighted by atomic mass is 35.5. The Morgan fingerprint density at radius 1 is 1.22 bits per heavy atom. The van der Waals surface area contributed by atoms with Crippen molar-refractivity contribution in [2.45, 2.75) is 39.3 Å². The van der Waals surface area contributed by atoms with E-state index in [-0.39, 0.29) is 6.04 Å². The molecule has 0 saturated carbocycles. The summed E-state index contributed by atoms with van der Waals surface area (Å²) in [7, 11) is 3.11. The fourth-order valence-corrected chi connectivity index (χ4v) is 2.08. The van der Waals surface area contributed by atoms with E-state index in [0.717, 1.165) is 5.69 Å². The van der Waals surface area contributed by atoms with Gasteiger partial charge in [0.25, 0.3) is 0 Å². The van der Waals surface area contributed by atoms with Crippen LogP contribution in [0.4, 0.5) is 10.5 Å². The molecule has 0 aliphatic rings. The van der Waals surface area contributed by atoms with Gasteiger partial charge in [-0.3, -0.25) is 0 Å². The summed E-state index contributed by atoms with van der Waals surface area (Å²) in [5.74, 6) is 1.14. The first-order chi connectivity index (χ1) is 10.7. The fraction of sp³-hybridized carbons (Fsp3) is 0.562. The van der Waals surface area contributed by atoms with Crippen LogP contribution < -0.4 is 20.1 Å². The molecule has 0 aromatic heterocycles. The van der Waals surface area contributed by atoms with E-state index in [9.17, 15) is 4.79 Å². The molecular formula is C16H25ClN2O4. The molecule has 1 aromatic carbocycles. The van der Waals surface area contributed by atoms with Crippen molar-refractivity contribution in [1.82, 2.24) is 5.32 Å². The molecule has 1 amide bonds. The number of hydrogen-bond acceptors (Lipinski definition) is 5. The first kappa shape index (κ1) is 19.2. The maximum Gasteiger partial charge on any atom is 0.407 e. The molecule has 1 atom stereocenters. The number of nitrogens with one attached hydrogen (secondary N) is 2. The van der Waals surface area contributed by atoms with E-state index < -0.39 is 11.7 Å². The van der Waals surface area contributed by atoms with Crippen molar-refractivity contribution in [3.8, 4) is 11.5 Å². The number of amides is 1. The highest BCUT2D eigenvalue weighted by Gasteiger charge is 2.17. The smallest absolute Gasteiger partial charge is 0.407 e. The number of carbonyl (C=O) groups is 1. The quantitative estimate of drug-likeness (QED) is 0.823. The van der Waals surface area contributed by atoms with E-state index in [1.165, 1.54) is 0 Å². The molecule has 0 spiro atoms. The van der Waals surface area contributed by atoms with Gasteiger partial charge in [0, 0.05) is 18.7 Å². The molecule has 0 aliphatic heterocycles. The maximum atomic E-state index is 11.7. The number of alkyl carbamates (subject to hydrolysis) is 1. The fourth-order valence-electron chi connectivity index (χ4n) is 1.84. The Morgan fingerprint density at radius 3 is 2.35 bits per heavy atom. The van der Waals surface area contributed by atoms with Crippen LogP contribution in [0.3, 0.4) is 0 Å². The predicted molar refractivity (Wildman–Crippen MR) is 91.9 cm³/mol. The van der Waals surface area contributed by atoms with E-state index in [2.05, 4.69) is 10.6 Å². The molecular weight excluding hydrogens is 320 g/mol. The van der Waals surface area contributed by atoms with Gasteiger partial charge in [-0.05, 0) is 33.8 Å². The third-order valence-electron chi connectivity index (χ3n) is 2.83. The number of benzene rings is 1. The average molecular weight is 345 g/mol. The summed E-state index contributed by atoms with van der Waals surface area (Å²) in [6, 6.07) is 3.38. The maximum absolute atomic E-state index is 11.7. The number of rotatable bonds is 6. The molecule has 1 aromatic rings. The van der Waals surface area contributed by atoms with Gasteiger partial charge < -0.3 is 24.8 Å². The molecule has 0 radical (unpaired) electrons. The Labute approximate surface area is 142 Å². The molecule has 1 rings (SSSR count). The molecule has 0 fully saturated rings. The van der Waals surface area contributed by atoms with Crippen molar-refractivity contribution in [3.63, 3.8) is 0 Å². The molecule has 1 unspecified atom stereocenters. The van der Waals surface area contributed by atoms with E-state index >= 15 is 0 Å². The third-order valence-corrected chi connectivity index (χ3v) is 3.12. The van der Waals surface area contributed by atoms with E-state index in [1.807, 2.05) is 27.7 Å². The van der Waals surface area contributed by atoms with Gasteiger partial charge in [-0.2, -0.15) is 0 Å². The second kappa shape index (κ2) is 8.15. The van der Waals surface area contributed by atoms with Crippen molar-refractivity contribution in [3.05, 3.63) is 17.2 Å². The summed E-state index contributed by atoms with van der Waals surface area (Å²) < 4.78 is 15.7. The zero-order valence-corrected chi connectivity index (χ0v) is 15.2. The SMILES string of the molecule is COc1cc(OC)c(NC(C)CNC(=O)OC(C)(C)C)cc1Cl. The number of methoxy groups -OCH3 is 2. The van der Waals surface area contributed by atoms with Crippen LogP contribution in [0.25, 0.3) is 0 Å². The molecule has 2 N–H and O–H groups in total. The van der Waals surface area contributed by atoms with E-state index in [0.29, 0.717) is 23.1 Å². The van der Waals surface area contributed by atoms with Gasteiger partial charge in [0.1, 0.15) is 17.1 Å². The summed E-state index contributed by atoms with van der Waals surface area (Å²) >= 11 is 6.13. The van der Waals surface area contributed by atoms with Crippen LogP contribution in [-0.2, 0) is 4.74 Å². The van der Waals surface area contributed by atoms with Crippen molar-refractivity contribution in [1.29, 1.82) is 0 Å². The first-order valence-electron chi connectivity index (χ1n) is 7.31. The number of carbonyl (C=O) groups excluding carboxylic acids is 1. The Kier molecular flexibility index (Phi) is 6.81. The second-order valence-corrected chi connectivity index (χ2v) is 6.52. The van der Waals surface area contributed by atoms with Gasteiger partial charge >= 0.3 is 6.09 Å². The van der Waals surface area contributed by atoms with Crippen LogP contribution >= 0.6 is 11.6 Å². The Bertz CT molecular complexity index is 544. The summed E-state index contributed by atoms with van der Waals surface area (Å²) in [6.07, 6.45) is -0.453. The molecule has 0 bridgehead atoms. The average Bonchev–Trinajstić information content (AvgIpc) is 2.43. The van der Waals surface area contributed by atoms with Crippen molar-refractivity contribution in [2.24, 2.45) is 0 Å². The lowest BCUT2D eigenvalue weighted by Gasteiger charge is -2.22. The number of halogens is 1. The lowest BCUT2D eigenvalue weighted by Crippen LogP contribution is -2.38. The van der Waals surface area contributed by atoms with Crippen LogP contribution in [-0.4, -0.2) is 38.5 Å². The van der Waals surface area contributed by atoms with Crippen LogP contribution in [0, 0.1) is 0 Å². The van der Waals surface area contributed by atoms with Gasteiger partial charge in [0.15, 0.2) is 0 Å². The van der Waals surface area contributed by atoms with Crippen molar-refractivity contribution in [2.75, 3.05) is 26.1 Å². The van der Waals surface area contributed by atoms with Gasteiger partial charge in [-0.1, -0.05) is 11.6 Å². The molecule has 0 heterocycles. The molecule has 130 valence electrons. The summed E-state index contributed by atoms with van der Waals surface area (Å²) in [5.41, 5.74) is 0.199. The van der Waals surface area contributed by atoms with Gasteiger partial charge in [-0.25, -0.2) is 4.79 Å². The van der Waals surface area contributed by atoms with E-state index in [4.69, 9.17) is 25.8 Å². The van der Waals surface area contributed by atoms with Gasteiger partial charge in [0.05, 0.1) is 24.9 Å².